The van der Waals surface area contributed by atoms with Gasteiger partial charge in [0.25, 0.3) is 5.91 Å². The van der Waals surface area contributed by atoms with Crippen molar-refractivity contribution in [1.29, 1.82) is 0 Å². The minimum atomic E-state index is -0.656. The summed E-state index contributed by atoms with van der Waals surface area (Å²) in [6, 6.07) is 18.3. The number of hydrogen-bond donors (Lipinski definition) is 0. The van der Waals surface area contributed by atoms with Gasteiger partial charge in [0.05, 0.1) is 12.5 Å². The maximum Gasteiger partial charge on any atom is 0.266 e. The molecule has 31 heavy (non-hydrogen) atoms. The van der Waals surface area contributed by atoms with Crippen molar-refractivity contribution in [2.45, 2.75) is 19.8 Å². The highest BCUT2D eigenvalue weighted by atomic mass is 16.5. The molecule has 6 nitrogen and oxygen atoms in total. The van der Waals surface area contributed by atoms with Gasteiger partial charge in [0, 0.05) is 18.0 Å². The van der Waals surface area contributed by atoms with Crippen molar-refractivity contribution < 1.29 is 14.3 Å². The van der Waals surface area contributed by atoms with Gasteiger partial charge in [-0.15, -0.1) is 0 Å². The molecule has 0 fully saturated rings. The minimum absolute atomic E-state index is 0.309. The number of aromatic nitrogens is 1. The zero-order valence-electron chi connectivity index (χ0n) is 17.5. The lowest BCUT2D eigenvalue weighted by molar-refractivity contribution is -0.118. The maximum atomic E-state index is 13.2. The molecule has 0 N–H and O–H groups in total. The van der Waals surface area contributed by atoms with Crippen LogP contribution in [-0.2, 0) is 4.79 Å². The second-order valence-electron chi connectivity index (χ2n) is 7.40. The summed E-state index contributed by atoms with van der Waals surface area (Å²) in [5.74, 6) is -0.254. The predicted octanol–water partition coefficient (Wildman–Crippen LogP) is 4.12. The molecule has 2 amide bonds. The Hall–Kier alpha value is -3.80. The number of pyridine rings is 1. The van der Waals surface area contributed by atoms with Crippen LogP contribution in [0, 0.1) is 13.8 Å². The Bertz CT molecular complexity index is 1140. The van der Waals surface area contributed by atoms with Gasteiger partial charge in [-0.2, -0.15) is 0 Å². The summed E-state index contributed by atoms with van der Waals surface area (Å²) in [5.41, 5.74) is 3.40. The molecule has 0 bridgehead atoms. The Labute approximate surface area is 181 Å². The van der Waals surface area contributed by atoms with Gasteiger partial charge < -0.3 is 4.74 Å². The fourth-order valence-electron chi connectivity index (χ4n) is 3.65. The van der Waals surface area contributed by atoms with Crippen LogP contribution in [0.1, 0.15) is 33.0 Å². The smallest absolute Gasteiger partial charge is 0.266 e. The molecule has 1 aliphatic heterocycles. The van der Waals surface area contributed by atoms with Crippen LogP contribution in [0.25, 0.3) is 0 Å². The molecule has 2 heterocycles. The Morgan fingerprint density at radius 1 is 1.06 bits per heavy atom. The zero-order valence-corrected chi connectivity index (χ0v) is 17.5. The Balaban J connectivity index is 1.51. The van der Waals surface area contributed by atoms with Crippen LogP contribution in [-0.4, -0.2) is 36.2 Å². The third-order valence-corrected chi connectivity index (χ3v) is 5.16. The van der Waals surface area contributed by atoms with E-state index in [-0.39, 0.29) is 11.8 Å². The summed E-state index contributed by atoms with van der Waals surface area (Å²) in [5, 5.41) is 0. The number of rotatable bonds is 6. The van der Waals surface area contributed by atoms with Crippen molar-refractivity contribution in [2.24, 2.45) is 4.99 Å². The molecule has 0 spiro atoms. The molecule has 0 saturated carbocycles. The van der Waals surface area contributed by atoms with E-state index in [2.05, 4.69) is 16.0 Å². The van der Waals surface area contributed by atoms with Crippen LogP contribution in [0.3, 0.4) is 0 Å². The summed E-state index contributed by atoms with van der Waals surface area (Å²) in [6.45, 7) is 4.84. The Morgan fingerprint density at radius 2 is 1.87 bits per heavy atom. The number of anilines is 1. The van der Waals surface area contributed by atoms with E-state index >= 15 is 0 Å². The molecule has 0 radical (unpaired) electrons. The predicted molar refractivity (Wildman–Crippen MR) is 120 cm³/mol. The number of aliphatic imine (C=N–C) groups is 1. The van der Waals surface area contributed by atoms with Gasteiger partial charge in [-0.1, -0.05) is 42.0 Å². The second kappa shape index (κ2) is 8.92. The van der Waals surface area contributed by atoms with Crippen molar-refractivity contribution in [3.05, 3.63) is 89.1 Å². The van der Waals surface area contributed by atoms with Gasteiger partial charge in [-0.05, 0) is 49.2 Å². The van der Waals surface area contributed by atoms with E-state index in [9.17, 15) is 9.59 Å². The van der Waals surface area contributed by atoms with Crippen LogP contribution < -0.4 is 9.64 Å². The molecule has 0 saturated heterocycles. The van der Waals surface area contributed by atoms with Crippen LogP contribution in [0.15, 0.2) is 71.9 Å². The molecule has 4 rings (SSSR count). The molecule has 1 unspecified atom stereocenters. The average molecular weight is 413 g/mol. The summed E-state index contributed by atoms with van der Waals surface area (Å²) < 4.78 is 5.81. The maximum absolute atomic E-state index is 13.2. The number of aryl methyl sites for hydroxylation is 2. The third-order valence-electron chi connectivity index (χ3n) is 5.16. The molecule has 3 aromatic rings. The van der Waals surface area contributed by atoms with Gasteiger partial charge in [0.15, 0.2) is 0 Å². The molecule has 1 aliphatic rings. The first-order valence-corrected chi connectivity index (χ1v) is 10.1. The van der Waals surface area contributed by atoms with Crippen LogP contribution in [0.2, 0.25) is 0 Å². The number of nitrogens with zero attached hydrogens (tertiary/aromatic N) is 3. The van der Waals surface area contributed by atoms with E-state index in [0.29, 0.717) is 30.1 Å². The van der Waals surface area contributed by atoms with Crippen LogP contribution >= 0.6 is 0 Å². The Morgan fingerprint density at radius 3 is 2.65 bits per heavy atom. The van der Waals surface area contributed by atoms with Crippen molar-refractivity contribution in [3.63, 3.8) is 0 Å². The molecule has 6 heteroatoms. The van der Waals surface area contributed by atoms with Crippen LogP contribution in [0.4, 0.5) is 5.82 Å². The van der Waals surface area contributed by atoms with Crippen molar-refractivity contribution in [3.8, 4) is 5.75 Å². The second-order valence-corrected chi connectivity index (χ2v) is 7.40. The largest absolute Gasteiger partial charge is 0.491 e. The van der Waals surface area contributed by atoms with E-state index in [4.69, 9.17) is 4.74 Å². The normalized spacial score (nSPS) is 15.9. The zero-order chi connectivity index (χ0) is 21.8. The number of imide groups is 1. The first-order chi connectivity index (χ1) is 15.1. The summed E-state index contributed by atoms with van der Waals surface area (Å²) >= 11 is 0. The highest BCUT2D eigenvalue weighted by molar-refractivity contribution is 6.28. The number of hydrogen-bond acceptors (Lipinski definition) is 5. The highest BCUT2D eigenvalue weighted by Gasteiger charge is 2.39. The lowest BCUT2D eigenvalue weighted by atomic mass is 9.89. The first-order valence-electron chi connectivity index (χ1n) is 10.1. The van der Waals surface area contributed by atoms with Gasteiger partial charge in [-0.25, -0.2) is 9.88 Å². The van der Waals surface area contributed by atoms with E-state index in [1.54, 1.807) is 48.8 Å². The Kier molecular flexibility index (Phi) is 5.89. The molecule has 156 valence electrons. The van der Waals surface area contributed by atoms with E-state index in [1.807, 2.05) is 32.0 Å². The van der Waals surface area contributed by atoms with Crippen molar-refractivity contribution in [1.82, 2.24) is 4.98 Å². The number of benzene rings is 2. The van der Waals surface area contributed by atoms with Gasteiger partial charge in [0.1, 0.15) is 18.2 Å². The standard InChI is InChI=1S/C25H23N3O3/c1-17-10-11-22(18(2)15-17)31-14-13-26-16-21-19-7-3-4-8-20(19)24(29)28(25(21)30)23-9-5-6-12-27-23/h3-12,15-16,21H,13-14H2,1-2H3. The number of carbonyl (C=O) groups is 2. The lowest BCUT2D eigenvalue weighted by Gasteiger charge is -2.30. The molecular weight excluding hydrogens is 390 g/mol. The molecule has 2 aromatic carbocycles. The molecule has 1 aromatic heterocycles. The van der Waals surface area contributed by atoms with Gasteiger partial charge >= 0.3 is 0 Å². The van der Waals surface area contributed by atoms with E-state index in [1.165, 1.54) is 5.56 Å². The number of carbonyl (C=O) groups excluding carboxylic acids is 2. The molecule has 0 aliphatic carbocycles. The summed E-state index contributed by atoms with van der Waals surface area (Å²) in [4.78, 5) is 35.9. The molecule has 1 atom stereocenters. The van der Waals surface area contributed by atoms with Crippen LogP contribution in [0.5, 0.6) is 5.75 Å². The van der Waals surface area contributed by atoms with E-state index < -0.39 is 5.92 Å². The summed E-state index contributed by atoms with van der Waals surface area (Å²) in [7, 11) is 0. The first kappa shape index (κ1) is 20.5. The third kappa shape index (κ3) is 4.23. The minimum Gasteiger partial charge on any atom is -0.491 e. The fourth-order valence-corrected chi connectivity index (χ4v) is 3.65. The van der Waals surface area contributed by atoms with Gasteiger partial charge in [0.2, 0.25) is 5.91 Å². The fraction of sp³-hybridized carbons (Fsp3) is 0.200. The lowest BCUT2D eigenvalue weighted by Crippen LogP contribution is -2.46. The monoisotopic (exact) mass is 413 g/mol. The topological polar surface area (TPSA) is 71.9 Å². The number of fused-ring (bicyclic) bond motifs is 1. The average Bonchev–Trinajstić information content (AvgIpc) is 2.78. The quantitative estimate of drug-likeness (QED) is 0.346. The van der Waals surface area contributed by atoms with E-state index in [0.717, 1.165) is 16.2 Å². The number of ether oxygens (including phenoxy) is 1. The summed E-state index contributed by atoms with van der Waals surface area (Å²) in [6.07, 6.45) is 3.17. The number of amides is 2. The highest BCUT2D eigenvalue weighted by Crippen LogP contribution is 2.31. The van der Waals surface area contributed by atoms with Crippen molar-refractivity contribution >= 4 is 23.8 Å². The molecular formula is C25H23N3O3. The van der Waals surface area contributed by atoms with Gasteiger partial charge in [-0.3, -0.25) is 14.6 Å². The van der Waals surface area contributed by atoms with Crippen molar-refractivity contribution in [2.75, 3.05) is 18.1 Å². The SMILES string of the molecule is Cc1ccc(OCCN=CC2C(=O)N(c3ccccn3)C(=O)c3ccccc32)c(C)c1.